The number of rotatable bonds is 3. The normalized spacial score (nSPS) is 32.4. The molecule has 3 aliphatic heterocycles. The number of aliphatic hydroxyl groups is 1. The van der Waals surface area contributed by atoms with E-state index in [0.29, 0.717) is 50.9 Å². The van der Waals surface area contributed by atoms with Crippen LogP contribution in [0.15, 0.2) is 29.3 Å². The molecule has 4 rings (SSSR count). The molecule has 52 heavy (non-hydrogen) atoms. The lowest BCUT2D eigenvalue weighted by molar-refractivity contribution is -0.164. The average molecular weight is 744 g/mol. The average Bonchev–Trinajstić information content (AvgIpc) is 3.78. The molecule has 13 heteroatoms. The first-order chi connectivity index (χ1) is 24.5. The molecule has 2 bridgehead atoms. The Morgan fingerprint density at radius 3 is 2.40 bits per heavy atom. The third-order valence-corrected chi connectivity index (χ3v) is 11.8. The van der Waals surface area contributed by atoms with Crippen molar-refractivity contribution in [2.45, 2.75) is 136 Å². The molecule has 1 saturated heterocycles. The predicted octanol–water partition coefficient (Wildman–Crippen LogP) is 3.88. The molecule has 0 saturated carbocycles. The van der Waals surface area contributed by atoms with Crippen LogP contribution in [0.4, 0.5) is 0 Å². The van der Waals surface area contributed by atoms with E-state index in [4.69, 9.17) is 14.5 Å². The molecular weight excluding hydrogens is 683 g/mol. The number of nitrogens with zero attached hydrogens (tertiary/aromatic N) is 2. The maximum Gasteiger partial charge on any atom is 0.329 e. The van der Waals surface area contributed by atoms with Crippen LogP contribution in [0.5, 0.6) is 5.75 Å². The van der Waals surface area contributed by atoms with Crippen LogP contribution in [-0.4, -0.2) is 107 Å². The Hall–Kier alpha value is -3.16. The topological polar surface area (TPSA) is 159 Å². The minimum Gasteiger partial charge on any atom is -0.497 e. The van der Waals surface area contributed by atoms with Crippen molar-refractivity contribution in [1.82, 2.24) is 20.9 Å². The molecule has 1 aromatic rings. The van der Waals surface area contributed by atoms with Crippen LogP contribution in [0.3, 0.4) is 0 Å². The van der Waals surface area contributed by atoms with Crippen molar-refractivity contribution >= 4 is 40.5 Å². The number of amides is 3. The van der Waals surface area contributed by atoms with Crippen molar-refractivity contribution in [3.05, 3.63) is 29.8 Å². The summed E-state index contributed by atoms with van der Waals surface area (Å²) in [7, 11) is 1.59. The number of benzene rings is 1. The van der Waals surface area contributed by atoms with E-state index < -0.39 is 36.3 Å². The van der Waals surface area contributed by atoms with E-state index in [9.17, 15) is 24.3 Å². The zero-order valence-electron chi connectivity index (χ0n) is 32.3. The Kier molecular flexibility index (Phi) is 15.0. The Bertz CT molecular complexity index is 1420. The zero-order valence-corrected chi connectivity index (χ0v) is 33.1. The summed E-state index contributed by atoms with van der Waals surface area (Å²) in [5.74, 6) is 0.171. The summed E-state index contributed by atoms with van der Waals surface area (Å²) >= 11 is 1.62. The highest BCUT2D eigenvalue weighted by atomic mass is 32.2. The second-order valence-corrected chi connectivity index (χ2v) is 17.1. The number of aliphatic hydroxyl groups excluding tert-OH is 1. The molecule has 0 aliphatic carbocycles. The van der Waals surface area contributed by atoms with Crippen LogP contribution in [-0.2, 0) is 30.3 Å². The van der Waals surface area contributed by atoms with E-state index in [1.54, 1.807) is 30.7 Å². The van der Waals surface area contributed by atoms with Crippen LogP contribution in [0.2, 0.25) is 0 Å². The molecule has 3 heterocycles. The van der Waals surface area contributed by atoms with E-state index in [1.165, 1.54) is 0 Å². The van der Waals surface area contributed by atoms with Crippen molar-refractivity contribution in [1.29, 1.82) is 0 Å². The van der Waals surface area contributed by atoms with Crippen molar-refractivity contribution in [3.8, 4) is 5.75 Å². The number of thioether (sulfide) groups is 1. The fraction of sp³-hybridized carbons (Fsp3) is 0.718. The summed E-state index contributed by atoms with van der Waals surface area (Å²) in [5.41, 5.74) is 0.525. The molecule has 0 unspecified atom stereocenters. The first kappa shape index (κ1) is 41.6. The molecule has 9 atom stereocenters. The summed E-state index contributed by atoms with van der Waals surface area (Å²) in [6.07, 6.45) is 2.34. The van der Waals surface area contributed by atoms with Gasteiger partial charge < -0.3 is 35.4 Å². The lowest BCUT2D eigenvalue weighted by Gasteiger charge is -2.35. The highest BCUT2D eigenvalue weighted by Gasteiger charge is 2.40. The van der Waals surface area contributed by atoms with Crippen molar-refractivity contribution in [2.24, 2.45) is 22.2 Å². The number of hydrogen-bond acceptors (Lipinski definition) is 10. The van der Waals surface area contributed by atoms with Gasteiger partial charge in [0, 0.05) is 43.6 Å². The van der Waals surface area contributed by atoms with Gasteiger partial charge in [-0.15, -0.1) is 11.8 Å². The Balaban J connectivity index is 1.54. The number of aliphatic imine (C=N–C) groups is 1. The second-order valence-electron chi connectivity index (χ2n) is 16.1. The van der Waals surface area contributed by atoms with Gasteiger partial charge in [0.15, 0.2) is 0 Å². The number of carbonyl (C=O) groups excluding carboxylic acids is 4. The SMILES string of the molecule is COc1ccc(C[C@@H]2NC(=O)CC[C@@H]3CSC(=N3)[C@@H](C)[C@@H](O)C[C@H](C)C[C@@H](C(C)(C)C)OC(=O)[C@@H]3CCCN3C(=O)[C@H](C)NC[C@H](C)NC2=O)cc1. The molecular formula is C39H61N5O7S. The molecule has 290 valence electrons. The van der Waals surface area contributed by atoms with Gasteiger partial charge >= 0.3 is 5.97 Å². The predicted molar refractivity (Wildman–Crippen MR) is 204 cm³/mol. The largest absolute Gasteiger partial charge is 0.497 e. The Labute approximate surface area is 314 Å². The van der Waals surface area contributed by atoms with E-state index in [2.05, 4.69) is 22.9 Å². The van der Waals surface area contributed by atoms with Crippen LogP contribution >= 0.6 is 11.8 Å². The van der Waals surface area contributed by atoms with E-state index in [0.717, 1.165) is 16.4 Å². The number of ether oxygens (including phenoxy) is 2. The van der Waals surface area contributed by atoms with Gasteiger partial charge in [-0.2, -0.15) is 0 Å². The summed E-state index contributed by atoms with van der Waals surface area (Å²) in [4.78, 5) is 60.7. The van der Waals surface area contributed by atoms with Crippen molar-refractivity contribution in [3.63, 3.8) is 0 Å². The monoisotopic (exact) mass is 743 g/mol. The lowest BCUT2D eigenvalue weighted by Crippen LogP contribution is -2.54. The zero-order chi connectivity index (χ0) is 38.2. The molecule has 3 aliphatic rings. The molecule has 3 amide bonds. The van der Waals surface area contributed by atoms with Gasteiger partial charge in [-0.25, -0.2) is 4.79 Å². The van der Waals surface area contributed by atoms with Gasteiger partial charge in [0.05, 0.1) is 30.3 Å². The van der Waals surface area contributed by atoms with Crippen LogP contribution in [0.25, 0.3) is 0 Å². The van der Waals surface area contributed by atoms with Crippen LogP contribution in [0, 0.1) is 17.3 Å². The van der Waals surface area contributed by atoms with Gasteiger partial charge in [0.1, 0.15) is 23.9 Å². The maximum atomic E-state index is 13.7. The van der Waals surface area contributed by atoms with Gasteiger partial charge in [-0.3, -0.25) is 19.4 Å². The summed E-state index contributed by atoms with van der Waals surface area (Å²) in [6, 6.07) is 4.88. The number of cyclic esters (lactones) is 1. The van der Waals surface area contributed by atoms with Gasteiger partial charge in [-0.1, -0.05) is 46.8 Å². The van der Waals surface area contributed by atoms with Crippen LogP contribution in [0.1, 0.15) is 92.6 Å². The standard InChI is InChI=1S/C39H61N5O7S/c1-23-18-32(45)25(3)36-42-28(22-52-36)13-16-34(46)43-30(20-27-11-14-29(50-8)15-12-27)35(47)41-24(2)21-40-26(4)37(48)44-17-9-10-31(44)38(49)51-33(19-23)39(5,6)7/h11-12,14-15,23-26,28,30-33,40,45H,9-10,13,16-22H2,1-8H3,(H,41,47)(H,43,46)/t23-,24-,25-,26-,28+,30-,31-,32-,33-/m0/s1. The molecule has 0 radical (unpaired) electrons. The number of esters is 1. The van der Waals surface area contributed by atoms with E-state index in [1.807, 2.05) is 58.9 Å². The van der Waals surface area contributed by atoms with Gasteiger partial charge in [0.2, 0.25) is 17.7 Å². The molecule has 1 aromatic carbocycles. The minimum atomic E-state index is -0.820. The fourth-order valence-electron chi connectivity index (χ4n) is 7.00. The fourth-order valence-corrected chi connectivity index (χ4v) is 8.25. The molecule has 12 nitrogen and oxygen atoms in total. The number of carbonyl (C=O) groups is 4. The quantitative estimate of drug-likeness (QED) is 0.338. The summed E-state index contributed by atoms with van der Waals surface area (Å²) < 4.78 is 11.5. The van der Waals surface area contributed by atoms with E-state index in [-0.39, 0.29) is 59.9 Å². The van der Waals surface area contributed by atoms with Crippen LogP contribution < -0.4 is 20.7 Å². The molecule has 0 aromatic heterocycles. The Morgan fingerprint density at radius 1 is 1.02 bits per heavy atom. The van der Waals surface area contributed by atoms with Crippen molar-refractivity contribution in [2.75, 3.05) is 26.0 Å². The summed E-state index contributed by atoms with van der Waals surface area (Å²) in [5, 5.41) is 21.4. The van der Waals surface area contributed by atoms with Gasteiger partial charge in [0.25, 0.3) is 0 Å². The number of fused-ring (bicyclic) bond motifs is 2. The van der Waals surface area contributed by atoms with E-state index >= 15 is 0 Å². The maximum absolute atomic E-state index is 13.7. The van der Waals surface area contributed by atoms with Gasteiger partial charge in [-0.05, 0) is 75.0 Å². The molecule has 1 fully saturated rings. The first-order valence-electron chi connectivity index (χ1n) is 18.9. The highest BCUT2D eigenvalue weighted by molar-refractivity contribution is 8.14. The summed E-state index contributed by atoms with van der Waals surface area (Å²) in [6.45, 7) is 14.6. The third-order valence-electron chi connectivity index (χ3n) is 10.4. The first-order valence-corrected chi connectivity index (χ1v) is 19.9. The lowest BCUT2D eigenvalue weighted by atomic mass is 9.81. The molecule has 4 N–H and O–H groups in total. The number of nitrogens with one attached hydrogen (secondary N) is 3. The minimum absolute atomic E-state index is 0.0585. The highest BCUT2D eigenvalue weighted by Crippen LogP contribution is 2.33. The second kappa shape index (κ2) is 18.7. The number of hydrogen-bond donors (Lipinski definition) is 4. The Morgan fingerprint density at radius 2 is 1.73 bits per heavy atom. The molecule has 0 spiro atoms. The smallest absolute Gasteiger partial charge is 0.329 e. The third kappa shape index (κ3) is 11.7. The van der Waals surface area contributed by atoms with Crippen molar-refractivity contribution < 1.29 is 33.8 Å². The number of methoxy groups -OCH3 is 1.